The summed E-state index contributed by atoms with van der Waals surface area (Å²) in [4.78, 5) is 11.0. The van der Waals surface area contributed by atoms with Crippen molar-refractivity contribution in [1.82, 2.24) is 0 Å². The molecular formula is C14H18N2O3S. The SMILES string of the molecule is COc1ccc(C#N)cc1CSC(C)(C)[C@@H](N)C(=O)O. The van der Waals surface area contributed by atoms with Crippen LogP contribution in [0.15, 0.2) is 18.2 Å². The molecule has 0 fully saturated rings. The fraction of sp³-hybridized carbons (Fsp3) is 0.429. The second-order valence-corrected chi connectivity index (χ2v) is 6.48. The second-order valence-electron chi connectivity index (χ2n) is 4.85. The molecule has 1 atom stereocenters. The lowest BCUT2D eigenvalue weighted by molar-refractivity contribution is -0.139. The van der Waals surface area contributed by atoms with Crippen molar-refractivity contribution in [2.45, 2.75) is 30.4 Å². The Kier molecular flexibility index (Phi) is 5.43. The van der Waals surface area contributed by atoms with Crippen molar-refractivity contribution in [1.29, 1.82) is 5.26 Å². The number of benzene rings is 1. The Hall–Kier alpha value is -1.71. The highest BCUT2D eigenvalue weighted by Crippen LogP contribution is 2.33. The Morgan fingerprint density at radius 3 is 2.75 bits per heavy atom. The lowest BCUT2D eigenvalue weighted by Crippen LogP contribution is -2.46. The van der Waals surface area contributed by atoms with Crippen LogP contribution >= 0.6 is 11.8 Å². The molecule has 0 heterocycles. The van der Waals surface area contributed by atoms with Crippen LogP contribution in [0.3, 0.4) is 0 Å². The predicted molar refractivity (Wildman–Crippen MR) is 78.7 cm³/mol. The number of hydrogen-bond acceptors (Lipinski definition) is 5. The quantitative estimate of drug-likeness (QED) is 0.833. The first kappa shape index (κ1) is 16.3. The van der Waals surface area contributed by atoms with E-state index in [1.807, 2.05) is 0 Å². The minimum atomic E-state index is -1.03. The normalized spacial score (nSPS) is 12.6. The number of carbonyl (C=O) groups is 1. The summed E-state index contributed by atoms with van der Waals surface area (Å²) in [7, 11) is 1.56. The number of carboxylic acids is 1. The average molecular weight is 294 g/mol. The lowest BCUT2D eigenvalue weighted by atomic mass is 10.1. The van der Waals surface area contributed by atoms with Crippen LogP contribution in [0, 0.1) is 11.3 Å². The Bertz CT molecular complexity index is 538. The molecule has 0 bridgehead atoms. The second kappa shape index (κ2) is 6.64. The first-order chi connectivity index (χ1) is 9.31. The predicted octanol–water partition coefficient (Wildman–Crippen LogP) is 1.99. The van der Waals surface area contributed by atoms with Gasteiger partial charge in [-0.2, -0.15) is 5.26 Å². The van der Waals surface area contributed by atoms with E-state index in [1.54, 1.807) is 39.2 Å². The van der Waals surface area contributed by atoms with Crippen LogP contribution in [0.5, 0.6) is 5.75 Å². The van der Waals surface area contributed by atoms with E-state index in [-0.39, 0.29) is 0 Å². The van der Waals surface area contributed by atoms with Crippen LogP contribution in [0.25, 0.3) is 0 Å². The van der Waals surface area contributed by atoms with Gasteiger partial charge < -0.3 is 15.6 Å². The van der Waals surface area contributed by atoms with Crippen LogP contribution in [-0.4, -0.2) is 29.0 Å². The first-order valence-electron chi connectivity index (χ1n) is 6.01. The molecule has 0 spiro atoms. The van der Waals surface area contributed by atoms with Crippen molar-refractivity contribution >= 4 is 17.7 Å². The van der Waals surface area contributed by atoms with E-state index in [1.165, 1.54) is 11.8 Å². The van der Waals surface area contributed by atoms with E-state index in [0.717, 1.165) is 5.56 Å². The lowest BCUT2D eigenvalue weighted by Gasteiger charge is -2.28. The van der Waals surface area contributed by atoms with Gasteiger partial charge in [-0.05, 0) is 32.0 Å². The van der Waals surface area contributed by atoms with Gasteiger partial charge in [0, 0.05) is 16.1 Å². The highest BCUT2D eigenvalue weighted by Gasteiger charge is 2.32. The van der Waals surface area contributed by atoms with E-state index >= 15 is 0 Å². The van der Waals surface area contributed by atoms with Gasteiger partial charge >= 0.3 is 5.97 Å². The van der Waals surface area contributed by atoms with Crippen LogP contribution < -0.4 is 10.5 Å². The van der Waals surface area contributed by atoms with Crippen LogP contribution in [0.4, 0.5) is 0 Å². The zero-order chi connectivity index (χ0) is 15.3. The Labute approximate surface area is 122 Å². The molecule has 0 saturated heterocycles. The summed E-state index contributed by atoms with van der Waals surface area (Å²) in [5.74, 6) is 0.170. The van der Waals surface area contributed by atoms with Crippen molar-refractivity contribution in [3.8, 4) is 11.8 Å². The van der Waals surface area contributed by atoms with Crippen LogP contribution in [-0.2, 0) is 10.5 Å². The third-order valence-corrected chi connectivity index (χ3v) is 4.48. The van der Waals surface area contributed by atoms with Gasteiger partial charge in [0.05, 0.1) is 18.7 Å². The molecule has 20 heavy (non-hydrogen) atoms. The number of hydrogen-bond donors (Lipinski definition) is 2. The molecule has 0 radical (unpaired) electrons. The summed E-state index contributed by atoms with van der Waals surface area (Å²) in [6.45, 7) is 3.58. The molecule has 0 amide bonds. The van der Waals surface area contributed by atoms with Gasteiger partial charge in [0.1, 0.15) is 11.8 Å². The third kappa shape index (κ3) is 3.89. The average Bonchev–Trinajstić information content (AvgIpc) is 2.43. The summed E-state index contributed by atoms with van der Waals surface area (Å²) in [5.41, 5.74) is 7.07. The summed E-state index contributed by atoms with van der Waals surface area (Å²) < 4.78 is 4.62. The largest absolute Gasteiger partial charge is 0.496 e. The maximum absolute atomic E-state index is 11.0. The highest BCUT2D eigenvalue weighted by molar-refractivity contribution is 7.99. The molecule has 0 aliphatic rings. The smallest absolute Gasteiger partial charge is 0.321 e. The van der Waals surface area contributed by atoms with Gasteiger partial charge in [-0.3, -0.25) is 4.79 Å². The van der Waals surface area contributed by atoms with Gasteiger partial charge in [-0.25, -0.2) is 0 Å². The van der Waals surface area contributed by atoms with Gasteiger partial charge in [-0.1, -0.05) is 0 Å². The number of nitrogens with two attached hydrogens (primary N) is 1. The fourth-order valence-electron chi connectivity index (χ4n) is 1.61. The van der Waals surface area contributed by atoms with Gasteiger partial charge in [0.25, 0.3) is 0 Å². The van der Waals surface area contributed by atoms with Crippen molar-refractivity contribution in [2.24, 2.45) is 5.73 Å². The number of aliphatic carboxylic acids is 1. The monoisotopic (exact) mass is 294 g/mol. The molecule has 5 nitrogen and oxygen atoms in total. The number of ether oxygens (including phenoxy) is 1. The Balaban J connectivity index is 2.89. The number of nitriles is 1. The third-order valence-electron chi connectivity index (χ3n) is 3.02. The molecule has 0 saturated carbocycles. The molecule has 108 valence electrons. The zero-order valence-corrected chi connectivity index (χ0v) is 12.5. The van der Waals surface area contributed by atoms with Crippen molar-refractivity contribution in [3.63, 3.8) is 0 Å². The molecule has 3 N–H and O–H groups in total. The van der Waals surface area contributed by atoms with E-state index < -0.39 is 16.8 Å². The zero-order valence-electron chi connectivity index (χ0n) is 11.7. The standard InChI is InChI=1S/C14H18N2O3S/c1-14(2,12(16)13(17)18)20-8-10-6-9(7-15)4-5-11(10)19-3/h4-6,12H,8,16H2,1-3H3,(H,17,18)/t12-/m0/s1. The maximum atomic E-state index is 11.0. The molecule has 1 aromatic carbocycles. The molecule has 1 aromatic rings. The van der Waals surface area contributed by atoms with E-state index in [9.17, 15) is 4.79 Å². The summed E-state index contributed by atoms with van der Waals surface area (Å²) in [5, 5.41) is 17.9. The van der Waals surface area contributed by atoms with Gasteiger partial charge in [0.2, 0.25) is 0 Å². The molecular weight excluding hydrogens is 276 g/mol. The van der Waals surface area contributed by atoms with Gasteiger partial charge in [-0.15, -0.1) is 11.8 Å². The Morgan fingerprint density at radius 2 is 2.25 bits per heavy atom. The number of carboxylic acid groups (broad SMARTS) is 1. The number of methoxy groups -OCH3 is 1. The number of rotatable bonds is 6. The summed E-state index contributed by atoms with van der Waals surface area (Å²) in [6, 6.07) is 6.27. The molecule has 0 aromatic heterocycles. The maximum Gasteiger partial charge on any atom is 0.321 e. The number of nitrogens with zero attached hydrogens (tertiary/aromatic N) is 1. The van der Waals surface area contributed by atoms with Crippen LogP contribution in [0.2, 0.25) is 0 Å². The molecule has 6 heteroatoms. The minimum absolute atomic E-state index is 0.521. The minimum Gasteiger partial charge on any atom is -0.496 e. The summed E-state index contributed by atoms with van der Waals surface area (Å²) in [6.07, 6.45) is 0. The first-order valence-corrected chi connectivity index (χ1v) is 6.99. The molecule has 1 rings (SSSR count). The van der Waals surface area contributed by atoms with Crippen molar-refractivity contribution in [3.05, 3.63) is 29.3 Å². The molecule has 0 unspecified atom stereocenters. The van der Waals surface area contributed by atoms with E-state index in [4.69, 9.17) is 20.8 Å². The highest BCUT2D eigenvalue weighted by atomic mass is 32.2. The molecule has 0 aliphatic heterocycles. The van der Waals surface area contributed by atoms with E-state index in [2.05, 4.69) is 6.07 Å². The topological polar surface area (TPSA) is 96.3 Å². The fourth-order valence-corrected chi connectivity index (χ4v) is 2.65. The summed E-state index contributed by atoms with van der Waals surface area (Å²) >= 11 is 1.42. The van der Waals surface area contributed by atoms with Crippen molar-refractivity contribution in [2.75, 3.05) is 7.11 Å². The van der Waals surface area contributed by atoms with Crippen molar-refractivity contribution < 1.29 is 14.6 Å². The van der Waals surface area contributed by atoms with E-state index in [0.29, 0.717) is 17.1 Å². The van der Waals surface area contributed by atoms with Gasteiger partial charge in [0.15, 0.2) is 0 Å². The van der Waals surface area contributed by atoms with Crippen LogP contribution in [0.1, 0.15) is 25.0 Å². The number of thioether (sulfide) groups is 1. The molecule has 0 aliphatic carbocycles. The Morgan fingerprint density at radius 1 is 1.60 bits per heavy atom.